The molecule has 1 aliphatic heterocycles. The van der Waals surface area contributed by atoms with E-state index in [1.165, 1.54) is 4.88 Å². The van der Waals surface area contributed by atoms with E-state index < -0.39 is 0 Å². The lowest BCUT2D eigenvalue weighted by Gasteiger charge is -2.33. The Labute approximate surface area is 168 Å². The van der Waals surface area contributed by atoms with Crippen molar-refractivity contribution in [1.82, 2.24) is 15.1 Å². The van der Waals surface area contributed by atoms with Gasteiger partial charge in [-0.05, 0) is 42.5 Å². The number of methoxy groups -OCH3 is 1. The second-order valence-corrected chi connectivity index (χ2v) is 7.76. The van der Waals surface area contributed by atoms with Crippen molar-refractivity contribution in [3.63, 3.8) is 0 Å². The van der Waals surface area contributed by atoms with E-state index >= 15 is 0 Å². The van der Waals surface area contributed by atoms with Crippen LogP contribution in [0.25, 0.3) is 11.3 Å². The van der Waals surface area contributed by atoms with Gasteiger partial charge in [0.1, 0.15) is 11.4 Å². The molecule has 7 heteroatoms. The summed E-state index contributed by atoms with van der Waals surface area (Å²) in [5.74, 6) is 0.696. The van der Waals surface area contributed by atoms with E-state index in [9.17, 15) is 4.79 Å². The molecule has 4 rings (SSSR count). The number of aromatic amines is 1. The Kier molecular flexibility index (Phi) is 5.73. The smallest absolute Gasteiger partial charge is 0.272 e. The molecule has 1 amide bonds. The summed E-state index contributed by atoms with van der Waals surface area (Å²) < 4.78 is 10.9. The van der Waals surface area contributed by atoms with Gasteiger partial charge in [-0.15, -0.1) is 11.3 Å². The van der Waals surface area contributed by atoms with Crippen molar-refractivity contribution in [3.05, 3.63) is 58.4 Å². The predicted molar refractivity (Wildman–Crippen MR) is 109 cm³/mol. The minimum absolute atomic E-state index is 0.0334. The third-order valence-electron chi connectivity index (χ3n) is 4.99. The summed E-state index contributed by atoms with van der Waals surface area (Å²) >= 11 is 1.67. The fraction of sp³-hybridized carbons (Fsp3) is 0.333. The van der Waals surface area contributed by atoms with Gasteiger partial charge < -0.3 is 14.4 Å². The van der Waals surface area contributed by atoms with Crippen LogP contribution >= 0.6 is 11.3 Å². The fourth-order valence-electron chi connectivity index (χ4n) is 3.51. The Hall–Kier alpha value is -2.64. The molecule has 3 heterocycles. The highest BCUT2D eigenvalue weighted by atomic mass is 32.1. The van der Waals surface area contributed by atoms with Crippen LogP contribution in [0.3, 0.4) is 0 Å². The summed E-state index contributed by atoms with van der Waals surface area (Å²) in [4.78, 5) is 16.5. The molecular weight excluding hydrogens is 374 g/mol. The van der Waals surface area contributed by atoms with Crippen molar-refractivity contribution < 1.29 is 14.3 Å². The van der Waals surface area contributed by atoms with E-state index in [2.05, 4.69) is 16.3 Å². The number of hydrogen-bond acceptors (Lipinski definition) is 5. The lowest BCUT2D eigenvalue weighted by Crippen LogP contribution is -2.43. The Morgan fingerprint density at radius 2 is 2.11 bits per heavy atom. The zero-order valence-corrected chi connectivity index (χ0v) is 16.6. The van der Waals surface area contributed by atoms with Gasteiger partial charge in [-0.3, -0.25) is 9.89 Å². The molecule has 1 aromatic carbocycles. The van der Waals surface area contributed by atoms with Crippen LogP contribution < -0.4 is 4.74 Å². The first-order valence-corrected chi connectivity index (χ1v) is 10.2. The number of benzene rings is 1. The van der Waals surface area contributed by atoms with Crippen LogP contribution in [0.4, 0.5) is 0 Å². The molecule has 1 aliphatic rings. The summed E-state index contributed by atoms with van der Waals surface area (Å²) in [6.45, 7) is 1.98. The Morgan fingerprint density at radius 1 is 1.29 bits per heavy atom. The SMILES string of the molecule is COc1ccccc1-c1cc(C(=O)N(Cc2cccs2)C2CCOCC2)[nH]n1. The standard InChI is InChI=1S/C21H23N3O3S/c1-26-20-7-3-2-6-17(20)18-13-19(23-22-18)21(25)24(14-16-5-4-12-28-16)15-8-10-27-11-9-15/h2-7,12-13,15H,8-11,14H2,1H3,(H,22,23). The number of hydrogen-bond donors (Lipinski definition) is 1. The number of para-hydroxylation sites is 1. The highest BCUT2D eigenvalue weighted by Gasteiger charge is 2.28. The molecule has 1 saturated heterocycles. The zero-order chi connectivity index (χ0) is 19.3. The number of carbonyl (C=O) groups is 1. The molecule has 2 aromatic heterocycles. The van der Waals surface area contributed by atoms with Gasteiger partial charge >= 0.3 is 0 Å². The minimum atomic E-state index is -0.0334. The van der Waals surface area contributed by atoms with Gasteiger partial charge in [-0.2, -0.15) is 5.10 Å². The first-order chi connectivity index (χ1) is 13.8. The average molecular weight is 398 g/mol. The molecule has 146 valence electrons. The summed E-state index contributed by atoms with van der Waals surface area (Å²) in [5, 5.41) is 9.34. The minimum Gasteiger partial charge on any atom is -0.496 e. The molecule has 28 heavy (non-hydrogen) atoms. The predicted octanol–water partition coefficient (Wildman–Crippen LogP) is 3.97. The molecule has 3 aromatic rings. The molecule has 0 spiro atoms. The first kappa shape index (κ1) is 18.7. The number of thiophene rings is 1. The van der Waals surface area contributed by atoms with Crippen LogP contribution in [0.15, 0.2) is 47.8 Å². The molecule has 1 N–H and O–H groups in total. The molecule has 0 radical (unpaired) electrons. The number of rotatable bonds is 6. The highest BCUT2D eigenvalue weighted by molar-refractivity contribution is 7.09. The summed E-state index contributed by atoms with van der Waals surface area (Å²) in [7, 11) is 1.63. The quantitative estimate of drug-likeness (QED) is 0.683. The van der Waals surface area contributed by atoms with E-state index in [1.807, 2.05) is 40.6 Å². The van der Waals surface area contributed by atoms with Crippen LogP contribution in [-0.4, -0.2) is 47.4 Å². The van der Waals surface area contributed by atoms with Gasteiger partial charge in [-0.1, -0.05) is 18.2 Å². The third-order valence-corrected chi connectivity index (χ3v) is 5.85. The van der Waals surface area contributed by atoms with Gasteiger partial charge in [0, 0.05) is 29.7 Å². The number of carbonyl (C=O) groups excluding carboxylic acids is 1. The maximum Gasteiger partial charge on any atom is 0.272 e. The van der Waals surface area contributed by atoms with Gasteiger partial charge in [0.2, 0.25) is 0 Å². The zero-order valence-electron chi connectivity index (χ0n) is 15.8. The summed E-state index contributed by atoms with van der Waals surface area (Å²) in [6.07, 6.45) is 1.70. The van der Waals surface area contributed by atoms with Crippen LogP contribution in [-0.2, 0) is 11.3 Å². The van der Waals surface area contributed by atoms with E-state index in [4.69, 9.17) is 9.47 Å². The lowest BCUT2D eigenvalue weighted by atomic mass is 10.1. The van der Waals surface area contributed by atoms with Crippen molar-refractivity contribution >= 4 is 17.2 Å². The van der Waals surface area contributed by atoms with Crippen LogP contribution in [0.5, 0.6) is 5.75 Å². The third kappa shape index (κ3) is 3.95. The van der Waals surface area contributed by atoms with Gasteiger partial charge in [0.05, 0.1) is 19.3 Å². The summed E-state index contributed by atoms with van der Waals surface area (Å²) in [6, 6.07) is 13.7. The van der Waals surface area contributed by atoms with E-state index in [0.29, 0.717) is 31.1 Å². The summed E-state index contributed by atoms with van der Waals surface area (Å²) in [5.41, 5.74) is 2.05. The van der Waals surface area contributed by atoms with Crippen molar-refractivity contribution in [2.45, 2.75) is 25.4 Å². The molecule has 0 unspecified atom stereocenters. The number of nitrogens with zero attached hydrogens (tertiary/aromatic N) is 2. The Bertz CT molecular complexity index is 917. The fourth-order valence-corrected chi connectivity index (χ4v) is 4.22. The number of nitrogens with one attached hydrogen (secondary N) is 1. The lowest BCUT2D eigenvalue weighted by molar-refractivity contribution is 0.0266. The molecule has 0 bridgehead atoms. The molecule has 6 nitrogen and oxygen atoms in total. The van der Waals surface area contributed by atoms with Crippen LogP contribution in [0.2, 0.25) is 0 Å². The van der Waals surface area contributed by atoms with E-state index in [1.54, 1.807) is 24.5 Å². The number of amides is 1. The monoisotopic (exact) mass is 397 g/mol. The Morgan fingerprint density at radius 3 is 2.86 bits per heavy atom. The molecular formula is C21H23N3O3S. The van der Waals surface area contributed by atoms with Crippen LogP contribution in [0.1, 0.15) is 28.2 Å². The second-order valence-electron chi connectivity index (χ2n) is 6.72. The van der Waals surface area contributed by atoms with E-state index in [0.717, 1.165) is 24.2 Å². The molecule has 1 fully saturated rings. The molecule has 0 saturated carbocycles. The number of H-pyrrole nitrogens is 1. The topological polar surface area (TPSA) is 67.4 Å². The van der Waals surface area contributed by atoms with Crippen molar-refractivity contribution in [1.29, 1.82) is 0 Å². The van der Waals surface area contributed by atoms with Gasteiger partial charge in [0.25, 0.3) is 5.91 Å². The second kappa shape index (κ2) is 8.58. The van der Waals surface area contributed by atoms with Gasteiger partial charge in [0.15, 0.2) is 0 Å². The van der Waals surface area contributed by atoms with E-state index in [-0.39, 0.29) is 11.9 Å². The Balaban J connectivity index is 1.60. The first-order valence-electron chi connectivity index (χ1n) is 9.36. The number of ether oxygens (including phenoxy) is 2. The van der Waals surface area contributed by atoms with Crippen molar-refractivity contribution in [2.75, 3.05) is 20.3 Å². The van der Waals surface area contributed by atoms with Crippen molar-refractivity contribution in [3.8, 4) is 17.0 Å². The van der Waals surface area contributed by atoms with Crippen molar-refractivity contribution in [2.24, 2.45) is 0 Å². The molecule has 0 atom stereocenters. The average Bonchev–Trinajstić information content (AvgIpc) is 3.44. The maximum absolute atomic E-state index is 13.4. The molecule has 0 aliphatic carbocycles. The van der Waals surface area contributed by atoms with Crippen LogP contribution in [0, 0.1) is 0 Å². The normalized spacial score (nSPS) is 14.8. The maximum atomic E-state index is 13.4. The van der Waals surface area contributed by atoms with Gasteiger partial charge in [-0.25, -0.2) is 0 Å². The largest absolute Gasteiger partial charge is 0.496 e. The highest BCUT2D eigenvalue weighted by Crippen LogP contribution is 2.29. The number of aromatic nitrogens is 2.